The second-order valence-electron chi connectivity index (χ2n) is 5.10. The first-order chi connectivity index (χ1) is 9.51. The van der Waals surface area contributed by atoms with Gasteiger partial charge in [-0.25, -0.2) is 4.85 Å². The number of nitrogens with zero attached hydrogens (tertiary/aromatic N) is 3. The summed E-state index contributed by atoms with van der Waals surface area (Å²) >= 11 is 0. The Morgan fingerprint density at radius 1 is 1.15 bits per heavy atom. The summed E-state index contributed by atoms with van der Waals surface area (Å²) in [6.07, 6.45) is 0. The van der Waals surface area contributed by atoms with Gasteiger partial charge in [-0.2, -0.15) is 5.26 Å². The van der Waals surface area contributed by atoms with Gasteiger partial charge in [0.2, 0.25) is 0 Å². The van der Waals surface area contributed by atoms with E-state index >= 15 is 0 Å². The van der Waals surface area contributed by atoms with Gasteiger partial charge in [0, 0.05) is 18.4 Å². The van der Waals surface area contributed by atoms with Gasteiger partial charge in [0.15, 0.2) is 5.70 Å². The summed E-state index contributed by atoms with van der Waals surface area (Å²) in [5.41, 5.74) is 5.31. The van der Waals surface area contributed by atoms with E-state index in [9.17, 15) is 5.26 Å². The Morgan fingerprint density at radius 3 is 2.25 bits per heavy atom. The Bertz CT molecular complexity index is 640. The summed E-state index contributed by atoms with van der Waals surface area (Å²) in [5, 5.41) is 9.51. The van der Waals surface area contributed by atoms with Crippen LogP contribution in [0.2, 0.25) is 0 Å². The predicted octanol–water partition coefficient (Wildman–Crippen LogP) is 3.97. The summed E-state index contributed by atoms with van der Waals surface area (Å²) < 4.78 is 0. The molecule has 0 aliphatic carbocycles. The van der Waals surface area contributed by atoms with Gasteiger partial charge in [0.05, 0.1) is 24.1 Å². The minimum Gasteiger partial charge on any atom is -0.361 e. The fourth-order valence-electron chi connectivity index (χ4n) is 2.53. The van der Waals surface area contributed by atoms with Gasteiger partial charge in [-0.15, -0.1) is 0 Å². The zero-order chi connectivity index (χ0) is 14.9. The van der Waals surface area contributed by atoms with Crippen LogP contribution in [0.25, 0.3) is 4.85 Å². The lowest BCUT2D eigenvalue weighted by Gasteiger charge is -2.32. The number of allylic oxidation sites excluding steroid dienone is 3. The topological polar surface area (TPSA) is 31.4 Å². The Balaban J connectivity index is 2.66. The molecule has 0 amide bonds. The van der Waals surface area contributed by atoms with Crippen molar-refractivity contribution in [3.63, 3.8) is 0 Å². The molecular formula is C17H17N3. The summed E-state index contributed by atoms with van der Waals surface area (Å²) in [6.45, 7) is 13.4. The van der Waals surface area contributed by atoms with Crippen LogP contribution in [0.1, 0.15) is 30.9 Å². The molecule has 0 spiro atoms. The first kappa shape index (κ1) is 13.9. The van der Waals surface area contributed by atoms with Crippen LogP contribution in [0.3, 0.4) is 0 Å². The molecule has 1 aliphatic rings. The Morgan fingerprint density at radius 2 is 1.75 bits per heavy atom. The van der Waals surface area contributed by atoms with Gasteiger partial charge in [0.25, 0.3) is 0 Å². The molecule has 0 fully saturated rings. The van der Waals surface area contributed by atoms with Crippen molar-refractivity contribution in [3.05, 3.63) is 69.5 Å². The molecule has 1 aromatic rings. The zero-order valence-corrected chi connectivity index (χ0v) is 12.2. The quantitative estimate of drug-likeness (QED) is 0.718. The van der Waals surface area contributed by atoms with Crippen molar-refractivity contribution in [2.75, 3.05) is 7.05 Å². The molecule has 1 unspecified atom stereocenters. The van der Waals surface area contributed by atoms with Crippen molar-refractivity contribution in [1.29, 1.82) is 5.26 Å². The van der Waals surface area contributed by atoms with Crippen molar-refractivity contribution < 1.29 is 0 Å². The average molecular weight is 263 g/mol. The number of benzene rings is 1. The van der Waals surface area contributed by atoms with Gasteiger partial charge >= 0.3 is 0 Å². The molecule has 1 heterocycles. The molecule has 1 aromatic carbocycles. The van der Waals surface area contributed by atoms with E-state index in [0.717, 1.165) is 17.0 Å². The highest BCUT2D eigenvalue weighted by Crippen LogP contribution is 2.41. The third-order valence-corrected chi connectivity index (χ3v) is 3.98. The summed E-state index contributed by atoms with van der Waals surface area (Å²) in [6, 6.07) is 10.4. The van der Waals surface area contributed by atoms with Crippen LogP contribution in [0.5, 0.6) is 0 Å². The standard InChI is InChI=1S/C17H17N3/c1-11-6-8-14(9-7-11)16-15(10-18)12(2)20(5)13(3)17(16)19-4/h6-9,16H,1-3,5H3. The van der Waals surface area contributed by atoms with E-state index in [4.69, 9.17) is 6.57 Å². The predicted molar refractivity (Wildman–Crippen MR) is 79.3 cm³/mol. The molecule has 3 nitrogen and oxygen atoms in total. The van der Waals surface area contributed by atoms with Crippen LogP contribution in [-0.2, 0) is 0 Å². The molecule has 100 valence electrons. The van der Waals surface area contributed by atoms with E-state index in [1.54, 1.807) is 0 Å². The molecule has 3 heteroatoms. The SMILES string of the molecule is [C-]#[N+]C1=C(C)N(C)C(C)=C(C#N)C1c1ccc(C)cc1. The normalized spacial score (nSPS) is 18.9. The van der Waals surface area contributed by atoms with Crippen LogP contribution >= 0.6 is 0 Å². The Labute approximate surface area is 120 Å². The highest BCUT2D eigenvalue weighted by atomic mass is 15.1. The van der Waals surface area contributed by atoms with E-state index in [2.05, 4.69) is 10.9 Å². The number of hydrogen-bond donors (Lipinski definition) is 0. The van der Waals surface area contributed by atoms with Crippen LogP contribution in [0.4, 0.5) is 0 Å². The molecule has 20 heavy (non-hydrogen) atoms. The number of aryl methyl sites for hydroxylation is 1. The summed E-state index contributed by atoms with van der Waals surface area (Å²) in [5.74, 6) is -0.241. The maximum atomic E-state index is 9.51. The lowest BCUT2D eigenvalue weighted by Crippen LogP contribution is -2.25. The zero-order valence-electron chi connectivity index (χ0n) is 12.2. The highest BCUT2D eigenvalue weighted by molar-refractivity contribution is 5.52. The second kappa shape index (κ2) is 5.23. The maximum absolute atomic E-state index is 9.51. The molecule has 0 aromatic heterocycles. The van der Waals surface area contributed by atoms with E-state index in [0.29, 0.717) is 11.3 Å². The molecule has 0 saturated heterocycles. The number of hydrogen-bond acceptors (Lipinski definition) is 2. The minimum absolute atomic E-state index is 0.241. The van der Waals surface area contributed by atoms with Crippen molar-refractivity contribution in [1.82, 2.24) is 4.90 Å². The molecular weight excluding hydrogens is 246 g/mol. The van der Waals surface area contributed by atoms with Crippen molar-refractivity contribution >= 4 is 0 Å². The molecule has 2 rings (SSSR count). The van der Waals surface area contributed by atoms with Crippen molar-refractivity contribution in [2.24, 2.45) is 0 Å². The van der Waals surface area contributed by atoms with Gasteiger partial charge in [-0.1, -0.05) is 29.8 Å². The van der Waals surface area contributed by atoms with Crippen molar-refractivity contribution in [2.45, 2.75) is 26.7 Å². The van der Waals surface area contributed by atoms with E-state index in [1.165, 1.54) is 5.56 Å². The smallest absolute Gasteiger partial charge is 0.196 e. The van der Waals surface area contributed by atoms with Crippen LogP contribution in [0.15, 0.2) is 46.9 Å². The van der Waals surface area contributed by atoms with E-state index in [1.807, 2.05) is 57.0 Å². The third-order valence-electron chi connectivity index (χ3n) is 3.98. The Kier molecular flexibility index (Phi) is 3.63. The summed E-state index contributed by atoms with van der Waals surface area (Å²) in [4.78, 5) is 5.62. The molecule has 1 atom stereocenters. The fourth-order valence-corrected chi connectivity index (χ4v) is 2.53. The summed E-state index contributed by atoms with van der Waals surface area (Å²) in [7, 11) is 1.90. The van der Waals surface area contributed by atoms with Crippen LogP contribution < -0.4 is 0 Å². The van der Waals surface area contributed by atoms with Crippen LogP contribution in [-0.4, -0.2) is 11.9 Å². The third kappa shape index (κ3) is 2.08. The number of nitriles is 1. The molecule has 1 aliphatic heterocycles. The van der Waals surface area contributed by atoms with Gasteiger partial charge in [0.1, 0.15) is 0 Å². The highest BCUT2D eigenvalue weighted by Gasteiger charge is 2.32. The molecule has 0 radical (unpaired) electrons. The lowest BCUT2D eigenvalue weighted by atomic mass is 9.84. The lowest BCUT2D eigenvalue weighted by molar-refractivity contribution is 0.488. The van der Waals surface area contributed by atoms with Gasteiger partial charge in [-0.05, 0) is 26.3 Å². The average Bonchev–Trinajstić information content (AvgIpc) is 2.45. The molecule has 0 bridgehead atoms. The Hall–Kier alpha value is -2.52. The largest absolute Gasteiger partial charge is 0.361 e. The van der Waals surface area contributed by atoms with E-state index in [-0.39, 0.29) is 5.92 Å². The minimum atomic E-state index is -0.241. The second-order valence-corrected chi connectivity index (χ2v) is 5.10. The van der Waals surface area contributed by atoms with Crippen molar-refractivity contribution in [3.8, 4) is 6.07 Å². The van der Waals surface area contributed by atoms with Gasteiger partial charge in [-0.3, -0.25) is 0 Å². The first-order valence-corrected chi connectivity index (χ1v) is 6.50. The number of rotatable bonds is 1. The van der Waals surface area contributed by atoms with Crippen LogP contribution in [0, 0.1) is 24.8 Å². The van der Waals surface area contributed by atoms with Gasteiger partial charge < -0.3 is 4.90 Å². The fraction of sp³-hybridized carbons (Fsp3) is 0.294. The first-order valence-electron chi connectivity index (χ1n) is 6.50. The molecule has 0 saturated carbocycles. The monoisotopic (exact) mass is 263 g/mol. The maximum Gasteiger partial charge on any atom is 0.196 e. The molecule has 0 N–H and O–H groups in total. The van der Waals surface area contributed by atoms with E-state index < -0.39 is 0 Å².